The molecule has 1 aliphatic carbocycles. The molecule has 1 aliphatic heterocycles. The van der Waals surface area contributed by atoms with Crippen LogP contribution >= 0.6 is 0 Å². The number of halogens is 3. The summed E-state index contributed by atoms with van der Waals surface area (Å²) in [5.74, 6) is 0.00958. The Morgan fingerprint density at radius 3 is 2.71 bits per heavy atom. The molecule has 0 amide bonds. The third-order valence-electron chi connectivity index (χ3n) is 7.56. The zero-order chi connectivity index (χ0) is 26.3. The maximum absolute atomic E-state index is 13.0. The molecule has 1 saturated heterocycles. The van der Waals surface area contributed by atoms with Crippen LogP contribution in [-0.4, -0.2) is 59.9 Å². The second-order valence-electron chi connectivity index (χ2n) is 10.0. The number of hydrogen-bond acceptors (Lipinski definition) is 7. The van der Waals surface area contributed by atoms with Crippen LogP contribution in [-0.2, 0) is 11.7 Å². The molecule has 196 valence electrons. The van der Waals surface area contributed by atoms with Crippen molar-refractivity contribution in [3.05, 3.63) is 54.9 Å². The highest BCUT2D eigenvalue weighted by atomic mass is 19.4. The number of rotatable bonds is 6. The highest BCUT2D eigenvalue weighted by molar-refractivity contribution is 5.89. The summed E-state index contributed by atoms with van der Waals surface area (Å²) in [5, 5.41) is 15.1. The van der Waals surface area contributed by atoms with E-state index in [1.165, 1.54) is 18.5 Å². The van der Waals surface area contributed by atoms with Gasteiger partial charge in [0, 0.05) is 48.5 Å². The van der Waals surface area contributed by atoms with Gasteiger partial charge >= 0.3 is 6.18 Å². The van der Waals surface area contributed by atoms with Crippen LogP contribution in [0.4, 0.5) is 13.2 Å². The molecule has 12 heteroatoms. The van der Waals surface area contributed by atoms with Crippen molar-refractivity contribution < 1.29 is 17.9 Å². The van der Waals surface area contributed by atoms with E-state index in [4.69, 9.17) is 4.74 Å². The third-order valence-corrected chi connectivity index (χ3v) is 7.56. The Morgan fingerprint density at radius 2 is 1.95 bits per heavy atom. The summed E-state index contributed by atoms with van der Waals surface area (Å²) >= 11 is 0. The smallest absolute Gasteiger partial charge is 0.433 e. The molecule has 0 radical (unpaired) electrons. The van der Waals surface area contributed by atoms with Crippen LogP contribution in [0.15, 0.2) is 49.2 Å². The van der Waals surface area contributed by atoms with E-state index in [0.29, 0.717) is 25.6 Å². The molecule has 1 saturated carbocycles. The van der Waals surface area contributed by atoms with Gasteiger partial charge in [-0.2, -0.15) is 23.5 Å². The van der Waals surface area contributed by atoms with Gasteiger partial charge < -0.3 is 9.72 Å². The van der Waals surface area contributed by atoms with Crippen LogP contribution in [0, 0.1) is 11.3 Å². The lowest BCUT2D eigenvalue weighted by Gasteiger charge is -2.53. The number of likely N-dealkylation sites (tertiary alicyclic amines) is 1. The number of fused-ring (bicyclic) bond motifs is 1. The Morgan fingerprint density at radius 1 is 1.13 bits per heavy atom. The van der Waals surface area contributed by atoms with E-state index in [2.05, 4.69) is 36.0 Å². The van der Waals surface area contributed by atoms with Gasteiger partial charge in [0.2, 0.25) is 5.88 Å². The second kappa shape index (κ2) is 9.40. The van der Waals surface area contributed by atoms with Crippen LogP contribution in [0.2, 0.25) is 0 Å². The maximum atomic E-state index is 13.0. The fourth-order valence-electron chi connectivity index (χ4n) is 5.60. The zero-order valence-corrected chi connectivity index (χ0v) is 20.4. The molecule has 4 aromatic heterocycles. The molecule has 38 heavy (non-hydrogen) atoms. The summed E-state index contributed by atoms with van der Waals surface area (Å²) in [6.45, 7) is 1.41. The highest BCUT2D eigenvalue weighted by Gasteiger charge is 2.48. The van der Waals surface area contributed by atoms with Crippen molar-refractivity contribution >= 4 is 11.0 Å². The molecule has 4 aromatic rings. The Bertz CT molecular complexity index is 1480. The lowest BCUT2D eigenvalue weighted by atomic mass is 9.82. The van der Waals surface area contributed by atoms with Gasteiger partial charge in [-0.05, 0) is 37.8 Å². The molecular weight excluding hydrogens is 497 g/mol. The lowest BCUT2D eigenvalue weighted by Crippen LogP contribution is -2.65. The molecule has 1 N–H and O–H groups in total. The normalized spacial score (nSPS) is 21.6. The van der Waals surface area contributed by atoms with E-state index in [-0.39, 0.29) is 12.0 Å². The third kappa shape index (κ3) is 4.47. The first kappa shape index (κ1) is 24.4. The van der Waals surface area contributed by atoms with Gasteiger partial charge in [-0.1, -0.05) is 6.07 Å². The molecular formula is C26H25F3N8O. The Kier molecular flexibility index (Phi) is 6.03. The quantitative estimate of drug-likeness (QED) is 0.396. The molecule has 5 heterocycles. The average Bonchev–Trinajstić information content (AvgIpc) is 3.56. The minimum absolute atomic E-state index is 0.00958. The van der Waals surface area contributed by atoms with Crippen molar-refractivity contribution in [1.29, 1.82) is 5.26 Å². The van der Waals surface area contributed by atoms with E-state index in [0.717, 1.165) is 54.0 Å². The van der Waals surface area contributed by atoms with Crippen molar-refractivity contribution in [2.75, 3.05) is 13.1 Å². The highest BCUT2D eigenvalue weighted by Crippen LogP contribution is 2.39. The number of ether oxygens (including phenoxy) is 1. The van der Waals surface area contributed by atoms with E-state index in [1.54, 1.807) is 6.20 Å². The number of H-pyrrole nitrogens is 1. The van der Waals surface area contributed by atoms with Gasteiger partial charge in [0.15, 0.2) is 0 Å². The minimum Gasteiger partial charge on any atom is -0.474 e. The Balaban J connectivity index is 1.09. The van der Waals surface area contributed by atoms with E-state index >= 15 is 0 Å². The summed E-state index contributed by atoms with van der Waals surface area (Å²) in [6.07, 6.45) is 5.95. The first-order valence-electron chi connectivity index (χ1n) is 12.5. The van der Waals surface area contributed by atoms with Gasteiger partial charge in [-0.15, -0.1) is 0 Å². The largest absolute Gasteiger partial charge is 0.474 e. The number of nitrogens with zero attached hydrogens (tertiary/aromatic N) is 7. The molecule has 0 atom stereocenters. The molecule has 2 fully saturated rings. The van der Waals surface area contributed by atoms with Gasteiger partial charge in [0.05, 0.1) is 24.4 Å². The zero-order valence-electron chi connectivity index (χ0n) is 20.4. The van der Waals surface area contributed by atoms with Crippen LogP contribution in [0.3, 0.4) is 0 Å². The minimum atomic E-state index is -4.50. The van der Waals surface area contributed by atoms with Gasteiger partial charge in [0.25, 0.3) is 0 Å². The number of nitrogens with one attached hydrogen (secondary N) is 1. The molecule has 6 rings (SSSR count). The predicted molar refractivity (Wildman–Crippen MR) is 131 cm³/mol. The van der Waals surface area contributed by atoms with E-state index in [1.807, 2.05) is 23.1 Å². The summed E-state index contributed by atoms with van der Waals surface area (Å²) in [6, 6.07) is 8.32. The SMILES string of the molecule is N#CCC1(n2cc(-c3ncnc4[nH]ccc34)cn2)CN(C2CCC(Oc3cccc(C(F)(F)F)n3)CC2)C1. The molecule has 0 aromatic carbocycles. The first-order chi connectivity index (χ1) is 18.3. The number of hydrogen-bond donors (Lipinski definition) is 1. The monoisotopic (exact) mass is 522 g/mol. The standard InChI is InChI=1S/C26H25F3N8O/c27-26(28,29)21-2-1-3-22(35-21)38-19-6-4-18(5-7-19)36-14-25(15-36,9-10-30)37-13-17(12-34-37)23-20-8-11-31-24(20)33-16-32-23/h1-3,8,11-13,16,18-19H,4-7,9,14-15H2,(H,31,32,33). The van der Waals surface area contributed by atoms with E-state index < -0.39 is 17.4 Å². The number of nitriles is 1. The Labute approximate surface area is 216 Å². The van der Waals surface area contributed by atoms with Crippen molar-refractivity contribution in [2.24, 2.45) is 0 Å². The van der Waals surface area contributed by atoms with Crippen LogP contribution < -0.4 is 4.74 Å². The van der Waals surface area contributed by atoms with Crippen molar-refractivity contribution in [1.82, 2.24) is 34.6 Å². The fraction of sp³-hybridized carbons (Fsp3) is 0.423. The van der Waals surface area contributed by atoms with Crippen LogP contribution in [0.25, 0.3) is 22.3 Å². The topological polar surface area (TPSA) is 109 Å². The Hall–Kier alpha value is -3.98. The summed E-state index contributed by atoms with van der Waals surface area (Å²) < 4.78 is 46.5. The van der Waals surface area contributed by atoms with Crippen molar-refractivity contribution in [2.45, 2.75) is 56.0 Å². The second-order valence-corrected chi connectivity index (χ2v) is 10.0. The molecule has 9 nitrogen and oxygen atoms in total. The van der Waals surface area contributed by atoms with Crippen molar-refractivity contribution in [3.63, 3.8) is 0 Å². The number of pyridine rings is 1. The first-order valence-corrected chi connectivity index (χ1v) is 12.5. The molecule has 0 bridgehead atoms. The van der Waals surface area contributed by atoms with Gasteiger partial charge in [-0.3, -0.25) is 9.58 Å². The average molecular weight is 523 g/mol. The molecule has 0 spiro atoms. The van der Waals surface area contributed by atoms with E-state index in [9.17, 15) is 18.4 Å². The van der Waals surface area contributed by atoms with Crippen LogP contribution in [0.1, 0.15) is 37.8 Å². The summed E-state index contributed by atoms with van der Waals surface area (Å²) in [4.78, 5) is 17.8. The maximum Gasteiger partial charge on any atom is 0.433 e. The van der Waals surface area contributed by atoms with Crippen LogP contribution in [0.5, 0.6) is 5.88 Å². The summed E-state index contributed by atoms with van der Waals surface area (Å²) in [7, 11) is 0. The van der Waals surface area contributed by atoms with Crippen molar-refractivity contribution in [3.8, 4) is 23.2 Å². The predicted octanol–water partition coefficient (Wildman–Crippen LogP) is 4.55. The van der Waals surface area contributed by atoms with Gasteiger partial charge in [0.1, 0.15) is 29.3 Å². The molecule has 0 unspecified atom stereocenters. The van der Waals surface area contributed by atoms with Gasteiger partial charge in [-0.25, -0.2) is 15.0 Å². The fourth-order valence-corrected chi connectivity index (χ4v) is 5.60. The number of alkyl halides is 3. The molecule has 2 aliphatic rings. The number of aromatic amines is 1. The lowest BCUT2D eigenvalue weighted by molar-refractivity contribution is -0.141. The number of aromatic nitrogens is 6. The summed E-state index contributed by atoms with van der Waals surface area (Å²) in [5.41, 5.74) is 1.06.